The van der Waals surface area contributed by atoms with Gasteiger partial charge in [-0.1, -0.05) is 62.4 Å². The Labute approximate surface area is 212 Å². The van der Waals surface area contributed by atoms with Crippen molar-refractivity contribution < 1.29 is 10.2 Å². The summed E-state index contributed by atoms with van der Waals surface area (Å²) >= 11 is 0. The van der Waals surface area contributed by atoms with Crippen LogP contribution in [0.15, 0.2) is 71.5 Å². The minimum Gasteiger partial charge on any atom is -0.506 e. The van der Waals surface area contributed by atoms with Crippen LogP contribution in [0.4, 0.5) is 0 Å². The number of fused-ring (bicyclic) bond motifs is 2. The molecule has 0 fully saturated rings. The first-order chi connectivity index (χ1) is 17.5. The lowest BCUT2D eigenvalue weighted by Gasteiger charge is -2.31. The van der Waals surface area contributed by atoms with E-state index in [1.165, 1.54) is 33.9 Å². The average Bonchev–Trinajstić information content (AvgIpc) is 3.31. The van der Waals surface area contributed by atoms with E-state index in [1.54, 1.807) is 18.2 Å². The number of nitrogens with zero attached hydrogens (tertiary/aromatic N) is 1. The molecular weight excluding hydrogens is 448 g/mol. The molecule has 36 heavy (non-hydrogen) atoms. The highest BCUT2D eigenvalue weighted by molar-refractivity contribution is 5.87. The smallest absolute Gasteiger partial charge is 0.248 e. The van der Waals surface area contributed by atoms with E-state index in [-0.39, 0.29) is 17.4 Å². The molecule has 0 radical (unpaired) electrons. The first kappa shape index (κ1) is 24.3. The van der Waals surface area contributed by atoms with Crippen LogP contribution < -0.4 is 5.56 Å². The molecule has 186 valence electrons. The number of pyridine rings is 1. The summed E-state index contributed by atoms with van der Waals surface area (Å²) in [5, 5.41) is 22.4. The standard InChI is InChI=1S/C31H34N2O3/c1-3-21-14-23-16-25(17-24(23)15-22(21)4-2)33(18-20-8-6-5-7-9-20)19-29(35)26-10-12-28(34)31-27(26)11-13-30(36)32-31/h5-15,25,29,34-35H,3-4,16-19H2,1-2H3,(H,32,36). The fourth-order valence-electron chi connectivity index (χ4n) is 5.70. The number of aliphatic hydroxyl groups is 1. The van der Waals surface area contributed by atoms with Gasteiger partial charge < -0.3 is 15.2 Å². The molecule has 1 unspecified atom stereocenters. The molecule has 1 atom stereocenters. The van der Waals surface area contributed by atoms with Crippen molar-refractivity contribution in [3.63, 3.8) is 0 Å². The summed E-state index contributed by atoms with van der Waals surface area (Å²) in [5.74, 6) is 0.00416. The van der Waals surface area contributed by atoms with Crippen LogP contribution in [0, 0.1) is 0 Å². The summed E-state index contributed by atoms with van der Waals surface area (Å²) in [6.07, 6.45) is 3.25. The van der Waals surface area contributed by atoms with E-state index < -0.39 is 6.10 Å². The highest BCUT2D eigenvalue weighted by atomic mass is 16.3. The third kappa shape index (κ3) is 4.81. The van der Waals surface area contributed by atoms with Gasteiger partial charge in [-0.05, 0) is 71.2 Å². The van der Waals surface area contributed by atoms with Gasteiger partial charge in [-0.15, -0.1) is 0 Å². The third-order valence-corrected chi connectivity index (χ3v) is 7.61. The molecule has 5 nitrogen and oxygen atoms in total. The van der Waals surface area contributed by atoms with E-state index in [0.717, 1.165) is 32.2 Å². The number of aryl methyl sites for hydroxylation is 2. The van der Waals surface area contributed by atoms with Crippen molar-refractivity contribution in [3.05, 3.63) is 110 Å². The maximum absolute atomic E-state index is 11.8. The maximum Gasteiger partial charge on any atom is 0.248 e. The molecule has 1 heterocycles. The fourth-order valence-corrected chi connectivity index (χ4v) is 5.70. The van der Waals surface area contributed by atoms with E-state index in [9.17, 15) is 15.0 Å². The summed E-state index contributed by atoms with van der Waals surface area (Å²) < 4.78 is 0. The highest BCUT2D eigenvalue weighted by Gasteiger charge is 2.30. The summed E-state index contributed by atoms with van der Waals surface area (Å²) in [6.45, 7) is 5.64. The van der Waals surface area contributed by atoms with Crippen molar-refractivity contribution >= 4 is 10.9 Å². The molecule has 0 saturated heterocycles. The van der Waals surface area contributed by atoms with Crippen molar-refractivity contribution in [2.45, 2.75) is 58.2 Å². The Bertz CT molecular complexity index is 1390. The van der Waals surface area contributed by atoms with Crippen LogP contribution in [0.5, 0.6) is 5.75 Å². The van der Waals surface area contributed by atoms with Gasteiger partial charge in [0.25, 0.3) is 0 Å². The molecule has 4 aromatic rings. The van der Waals surface area contributed by atoms with Gasteiger partial charge >= 0.3 is 0 Å². The van der Waals surface area contributed by atoms with Crippen LogP contribution in [0.25, 0.3) is 10.9 Å². The van der Waals surface area contributed by atoms with Crippen molar-refractivity contribution in [2.75, 3.05) is 6.54 Å². The fraction of sp³-hybridized carbons (Fsp3) is 0.323. The molecular formula is C31H34N2O3. The normalized spacial score (nSPS) is 14.4. The molecule has 3 aromatic carbocycles. The van der Waals surface area contributed by atoms with Gasteiger partial charge in [0.1, 0.15) is 5.75 Å². The zero-order valence-electron chi connectivity index (χ0n) is 21.0. The summed E-state index contributed by atoms with van der Waals surface area (Å²) in [7, 11) is 0. The lowest BCUT2D eigenvalue weighted by atomic mass is 9.97. The molecule has 1 aliphatic rings. The maximum atomic E-state index is 11.8. The molecule has 0 spiro atoms. The van der Waals surface area contributed by atoms with Crippen molar-refractivity contribution in [1.29, 1.82) is 0 Å². The SMILES string of the molecule is CCc1cc2c(cc1CC)CC(N(Cc1ccccc1)CC(O)c1ccc(O)c3[nH]c(=O)ccc13)C2. The number of aromatic hydroxyl groups is 1. The molecule has 5 rings (SSSR count). The number of phenolic OH excluding ortho intramolecular Hbond substituents is 1. The zero-order chi connectivity index (χ0) is 25.2. The number of H-pyrrole nitrogens is 1. The lowest BCUT2D eigenvalue weighted by Crippen LogP contribution is -2.38. The second-order valence-electron chi connectivity index (χ2n) is 9.87. The Morgan fingerprint density at radius 1 is 0.944 bits per heavy atom. The average molecular weight is 483 g/mol. The Morgan fingerprint density at radius 2 is 1.61 bits per heavy atom. The molecule has 0 saturated carbocycles. The van der Waals surface area contributed by atoms with Crippen molar-refractivity contribution in [1.82, 2.24) is 9.88 Å². The Morgan fingerprint density at radius 3 is 2.25 bits per heavy atom. The third-order valence-electron chi connectivity index (χ3n) is 7.61. The van der Waals surface area contributed by atoms with Crippen LogP contribution >= 0.6 is 0 Å². The molecule has 0 bridgehead atoms. The van der Waals surface area contributed by atoms with Gasteiger partial charge in [-0.2, -0.15) is 0 Å². The summed E-state index contributed by atoms with van der Waals surface area (Å²) in [6, 6.07) is 21.9. The second kappa shape index (κ2) is 10.3. The second-order valence-corrected chi connectivity index (χ2v) is 9.87. The number of aromatic nitrogens is 1. The van der Waals surface area contributed by atoms with Crippen LogP contribution in [-0.4, -0.2) is 32.7 Å². The predicted octanol–water partition coefficient (Wildman–Crippen LogP) is 5.06. The van der Waals surface area contributed by atoms with E-state index in [1.807, 2.05) is 6.07 Å². The van der Waals surface area contributed by atoms with Gasteiger partial charge in [0.05, 0.1) is 11.6 Å². The molecule has 3 N–H and O–H groups in total. The van der Waals surface area contributed by atoms with Gasteiger partial charge in [0, 0.05) is 30.6 Å². The van der Waals surface area contributed by atoms with Crippen molar-refractivity contribution in [2.24, 2.45) is 0 Å². The number of hydrogen-bond donors (Lipinski definition) is 3. The topological polar surface area (TPSA) is 76.6 Å². The number of hydrogen-bond acceptors (Lipinski definition) is 4. The van der Waals surface area contributed by atoms with Gasteiger partial charge in [0.15, 0.2) is 0 Å². The number of aromatic amines is 1. The van der Waals surface area contributed by atoms with Crippen LogP contribution in [0.2, 0.25) is 0 Å². The van der Waals surface area contributed by atoms with Crippen LogP contribution in [-0.2, 0) is 32.2 Å². The predicted molar refractivity (Wildman–Crippen MR) is 144 cm³/mol. The quantitative estimate of drug-likeness (QED) is 0.328. The van der Waals surface area contributed by atoms with Crippen molar-refractivity contribution in [3.8, 4) is 5.75 Å². The number of rotatable bonds is 8. The first-order valence-electron chi connectivity index (χ1n) is 12.9. The summed E-state index contributed by atoms with van der Waals surface area (Å²) in [5.41, 5.74) is 7.73. The number of benzene rings is 3. The molecule has 0 aliphatic heterocycles. The van der Waals surface area contributed by atoms with Crippen LogP contribution in [0.3, 0.4) is 0 Å². The van der Waals surface area contributed by atoms with E-state index in [2.05, 4.69) is 60.1 Å². The molecule has 1 aromatic heterocycles. The van der Waals surface area contributed by atoms with Gasteiger partial charge in [0.2, 0.25) is 5.56 Å². The minimum atomic E-state index is -0.774. The van der Waals surface area contributed by atoms with Gasteiger partial charge in [-0.3, -0.25) is 9.69 Å². The Balaban J connectivity index is 1.46. The van der Waals surface area contributed by atoms with Crippen LogP contribution in [0.1, 0.15) is 53.3 Å². The lowest BCUT2D eigenvalue weighted by molar-refractivity contribution is 0.0844. The Kier molecular flexibility index (Phi) is 6.95. The molecule has 5 heteroatoms. The largest absolute Gasteiger partial charge is 0.506 e. The zero-order valence-corrected chi connectivity index (χ0v) is 21.0. The first-order valence-corrected chi connectivity index (χ1v) is 12.9. The molecule has 1 aliphatic carbocycles. The highest BCUT2D eigenvalue weighted by Crippen LogP contribution is 2.33. The Hall–Kier alpha value is -3.41. The number of aliphatic hydroxyl groups excluding tert-OH is 1. The monoisotopic (exact) mass is 482 g/mol. The summed E-state index contributed by atoms with van der Waals surface area (Å²) in [4.78, 5) is 16.9. The number of phenols is 1. The number of nitrogens with one attached hydrogen (secondary N) is 1. The van der Waals surface area contributed by atoms with E-state index in [0.29, 0.717) is 23.0 Å². The van der Waals surface area contributed by atoms with E-state index in [4.69, 9.17) is 0 Å². The van der Waals surface area contributed by atoms with Gasteiger partial charge in [-0.25, -0.2) is 0 Å². The van der Waals surface area contributed by atoms with E-state index >= 15 is 0 Å². The molecule has 0 amide bonds. The minimum absolute atomic E-state index is 0.00416.